The van der Waals surface area contributed by atoms with E-state index in [1.807, 2.05) is 43.1 Å². The summed E-state index contributed by atoms with van der Waals surface area (Å²) in [6, 6.07) is 14.7. The summed E-state index contributed by atoms with van der Waals surface area (Å²) in [5.74, 6) is 0.0865. The number of rotatable bonds is 6. The number of benzene rings is 2. The second-order valence-corrected chi connectivity index (χ2v) is 8.41. The molecule has 6 heteroatoms. The Bertz CT molecular complexity index is 1160. The lowest BCUT2D eigenvalue weighted by Crippen LogP contribution is -2.52. The Morgan fingerprint density at radius 3 is 2.56 bits per heavy atom. The molecule has 4 rings (SSSR count). The first-order valence-corrected chi connectivity index (χ1v) is 11.0. The SMILES string of the molecule is COc1ccccc1C(=O)N[C@@H](C(=O)N1CC=C(c2c[nH]c3ccccc23)CC1)C(C)C. The number of para-hydroxylation sites is 2. The van der Waals surface area contributed by atoms with E-state index in [2.05, 4.69) is 28.5 Å². The van der Waals surface area contributed by atoms with E-state index in [1.54, 1.807) is 18.2 Å². The third kappa shape index (κ3) is 4.26. The summed E-state index contributed by atoms with van der Waals surface area (Å²) in [4.78, 5) is 31.3. The molecule has 0 unspecified atom stereocenters. The van der Waals surface area contributed by atoms with Gasteiger partial charge in [-0.1, -0.05) is 50.3 Å². The van der Waals surface area contributed by atoms with Crippen molar-refractivity contribution in [1.29, 1.82) is 0 Å². The molecule has 166 valence electrons. The Morgan fingerprint density at radius 2 is 1.84 bits per heavy atom. The van der Waals surface area contributed by atoms with Gasteiger partial charge in [0.25, 0.3) is 5.91 Å². The molecule has 1 aliphatic rings. The fraction of sp³-hybridized carbons (Fsp3) is 0.308. The van der Waals surface area contributed by atoms with Gasteiger partial charge in [-0.3, -0.25) is 9.59 Å². The van der Waals surface area contributed by atoms with Crippen molar-refractivity contribution < 1.29 is 14.3 Å². The van der Waals surface area contributed by atoms with E-state index < -0.39 is 6.04 Å². The number of methoxy groups -OCH3 is 1. The van der Waals surface area contributed by atoms with Gasteiger partial charge in [-0.25, -0.2) is 0 Å². The monoisotopic (exact) mass is 431 g/mol. The zero-order valence-electron chi connectivity index (χ0n) is 18.7. The molecule has 0 spiro atoms. The van der Waals surface area contributed by atoms with Crippen molar-refractivity contribution in [2.45, 2.75) is 26.3 Å². The molecule has 0 fully saturated rings. The Kier molecular flexibility index (Phi) is 6.30. The number of nitrogens with zero attached hydrogens (tertiary/aromatic N) is 1. The third-order valence-electron chi connectivity index (χ3n) is 6.03. The maximum Gasteiger partial charge on any atom is 0.255 e. The number of fused-ring (bicyclic) bond motifs is 1. The normalized spacial score (nSPS) is 14.9. The number of amides is 2. The van der Waals surface area contributed by atoms with Gasteiger partial charge in [0.15, 0.2) is 0 Å². The summed E-state index contributed by atoms with van der Waals surface area (Å²) >= 11 is 0. The van der Waals surface area contributed by atoms with E-state index >= 15 is 0 Å². The first kappa shape index (κ1) is 21.7. The molecule has 6 nitrogen and oxygen atoms in total. The number of H-pyrrole nitrogens is 1. The van der Waals surface area contributed by atoms with Crippen LogP contribution in [-0.2, 0) is 4.79 Å². The molecule has 2 amide bonds. The second kappa shape index (κ2) is 9.30. The van der Waals surface area contributed by atoms with Gasteiger partial charge in [-0.05, 0) is 36.1 Å². The van der Waals surface area contributed by atoms with Crippen LogP contribution in [0.5, 0.6) is 5.75 Å². The maximum absolute atomic E-state index is 13.3. The van der Waals surface area contributed by atoms with Crippen LogP contribution in [0.3, 0.4) is 0 Å². The highest BCUT2D eigenvalue weighted by atomic mass is 16.5. The molecule has 1 aromatic heterocycles. The molecule has 2 N–H and O–H groups in total. The fourth-order valence-corrected chi connectivity index (χ4v) is 4.21. The van der Waals surface area contributed by atoms with Gasteiger partial charge in [0, 0.05) is 35.8 Å². The fourth-order valence-electron chi connectivity index (χ4n) is 4.21. The molecule has 3 aromatic rings. The van der Waals surface area contributed by atoms with Crippen molar-refractivity contribution in [2.24, 2.45) is 5.92 Å². The molecule has 0 saturated heterocycles. The predicted octanol–water partition coefficient (Wildman–Crippen LogP) is 4.25. The molecular weight excluding hydrogens is 402 g/mol. The summed E-state index contributed by atoms with van der Waals surface area (Å²) < 4.78 is 5.30. The Balaban J connectivity index is 1.48. The topological polar surface area (TPSA) is 74.4 Å². The molecule has 0 saturated carbocycles. The van der Waals surface area contributed by atoms with E-state index in [1.165, 1.54) is 23.6 Å². The average Bonchev–Trinajstić information content (AvgIpc) is 3.26. The Hall–Kier alpha value is -3.54. The largest absolute Gasteiger partial charge is 0.496 e. The third-order valence-corrected chi connectivity index (χ3v) is 6.03. The van der Waals surface area contributed by atoms with Crippen molar-refractivity contribution in [1.82, 2.24) is 15.2 Å². The van der Waals surface area contributed by atoms with Gasteiger partial charge in [0.2, 0.25) is 5.91 Å². The first-order chi connectivity index (χ1) is 15.5. The van der Waals surface area contributed by atoms with E-state index in [-0.39, 0.29) is 17.7 Å². The maximum atomic E-state index is 13.3. The molecule has 0 radical (unpaired) electrons. The van der Waals surface area contributed by atoms with Crippen molar-refractivity contribution in [2.75, 3.05) is 20.2 Å². The molecule has 2 aromatic carbocycles. The van der Waals surface area contributed by atoms with Crippen LogP contribution < -0.4 is 10.1 Å². The van der Waals surface area contributed by atoms with Crippen LogP contribution in [0.4, 0.5) is 0 Å². The zero-order chi connectivity index (χ0) is 22.7. The molecule has 1 atom stereocenters. The summed E-state index contributed by atoms with van der Waals surface area (Å²) in [6.45, 7) is 5.05. The smallest absolute Gasteiger partial charge is 0.255 e. The number of carbonyl (C=O) groups is 2. The van der Waals surface area contributed by atoms with E-state index in [0.29, 0.717) is 24.4 Å². The minimum Gasteiger partial charge on any atom is -0.496 e. The molecule has 0 bridgehead atoms. The summed E-state index contributed by atoms with van der Waals surface area (Å²) in [5.41, 5.74) is 3.97. The second-order valence-electron chi connectivity index (χ2n) is 8.41. The van der Waals surface area contributed by atoms with Gasteiger partial charge < -0.3 is 19.9 Å². The molecule has 1 aliphatic heterocycles. The highest BCUT2D eigenvalue weighted by Crippen LogP contribution is 2.29. The van der Waals surface area contributed by atoms with E-state index in [4.69, 9.17) is 4.74 Å². The number of aromatic amines is 1. The summed E-state index contributed by atoms with van der Waals surface area (Å²) in [6.07, 6.45) is 4.94. The number of hydrogen-bond acceptors (Lipinski definition) is 3. The highest BCUT2D eigenvalue weighted by Gasteiger charge is 2.30. The molecule has 32 heavy (non-hydrogen) atoms. The quantitative estimate of drug-likeness (QED) is 0.613. The number of carbonyl (C=O) groups excluding carboxylic acids is 2. The van der Waals surface area contributed by atoms with Gasteiger partial charge in [0.05, 0.1) is 12.7 Å². The van der Waals surface area contributed by atoms with E-state index in [0.717, 1.165) is 11.9 Å². The number of ether oxygens (including phenoxy) is 1. The Morgan fingerprint density at radius 1 is 1.09 bits per heavy atom. The van der Waals surface area contributed by atoms with Crippen molar-refractivity contribution in [3.05, 3.63) is 71.9 Å². The van der Waals surface area contributed by atoms with Crippen LogP contribution in [0.15, 0.2) is 60.8 Å². The standard InChI is InChI=1S/C26H29N3O3/c1-17(2)24(28-25(30)20-9-5-7-11-23(20)32-3)26(31)29-14-12-18(13-15-29)21-16-27-22-10-6-4-8-19(21)22/h4-12,16-17,24,27H,13-15H2,1-3H3,(H,28,30)/t24-/m1/s1. The van der Waals surface area contributed by atoms with Gasteiger partial charge >= 0.3 is 0 Å². The summed E-state index contributed by atoms with van der Waals surface area (Å²) in [7, 11) is 1.53. The minimum atomic E-state index is -0.601. The van der Waals surface area contributed by atoms with Crippen LogP contribution in [0.2, 0.25) is 0 Å². The van der Waals surface area contributed by atoms with Crippen LogP contribution in [-0.4, -0.2) is 47.9 Å². The molecule has 2 heterocycles. The van der Waals surface area contributed by atoms with Crippen LogP contribution in [0.25, 0.3) is 16.5 Å². The molecular formula is C26H29N3O3. The number of hydrogen-bond donors (Lipinski definition) is 2. The Labute approximate surface area is 188 Å². The number of aromatic nitrogens is 1. The van der Waals surface area contributed by atoms with Gasteiger partial charge in [-0.2, -0.15) is 0 Å². The average molecular weight is 432 g/mol. The van der Waals surface area contributed by atoms with E-state index in [9.17, 15) is 9.59 Å². The lowest BCUT2D eigenvalue weighted by molar-refractivity contribution is -0.133. The van der Waals surface area contributed by atoms with Crippen LogP contribution in [0, 0.1) is 5.92 Å². The zero-order valence-corrected chi connectivity index (χ0v) is 18.7. The predicted molar refractivity (Wildman–Crippen MR) is 127 cm³/mol. The van der Waals surface area contributed by atoms with Crippen LogP contribution in [0.1, 0.15) is 36.2 Å². The highest BCUT2D eigenvalue weighted by molar-refractivity contribution is 6.00. The lowest BCUT2D eigenvalue weighted by atomic mass is 9.97. The lowest BCUT2D eigenvalue weighted by Gasteiger charge is -2.32. The minimum absolute atomic E-state index is 0.0415. The number of nitrogens with one attached hydrogen (secondary N) is 2. The van der Waals surface area contributed by atoms with Gasteiger partial charge in [0.1, 0.15) is 11.8 Å². The van der Waals surface area contributed by atoms with Crippen LogP contribution >= 0.6 is 0 Å². The van der Waals surface area contributed by atoms with Crippen molar-refractivity contribution in [3.63, 3.8) is 0 Å². The van der Waals surface area contributed by atoms with Gasteiger partial charge in [-0.15, -0.1) is 0 Å². The molecule has 0 aliphatic carbocycles. The van der Waals surface area contributed by atoms with Crippen molar-refractivity contribution in [3.8, 4) is 5.75 Å². The summed E-state index contributed by atoms with van der Waals surface area (Å²) in [5, 5.41) is 4.13. The van der Waals surface area contributed by atoms with Crippen molar-refractivity contribution >= 4 is 28.3 Å². The first-order valence-electron chi connectivity index (χ1n) is 11.0.